The van der Waals surface area contributed by atoms with E-state index in [4.69, 9.17) is 0 Å². The van der Waals surface area contributed by atoms with E-state index in [0.717, 1.165) is 44.3 Å². The van der Waals surface area contributed by atoms with Gasteiger partial charge in [0.2, 0.25) is 0 Å². The third-order valence-electron chi connectivity index (χ3n) is 4.99. The Bertz CT molecular complexity index is 481. The van der Waals surface area contributed by atoms with Gasteiger partial charge < -0.3 is 10.6 Å². The molecule has 1 heterocycles. The molecule has 0 aromatic carbocycles. The second-order valence-electron chi connectivity index (χ2n) is 7.15. The summed E-state index contributed by atoms with van der Waals surface area (Å²) in [5, 5.41) is 6.84. The molecule has 1 aliphatic carbocycles. The Balaban J connectivity index is 1.61. The standard InChI is InChI=1S/C21H36N4/c1-2-22-12-6-7-13-23-18-21-16-20(11-15-25-21)17-24-14-10-19-8-4-3-5-9-19/h11,15-17,19,22-23H,2-10,12-14,18H2,1H3. The number of pyridine rings is 1. The van der Waals surface area contributed by atoms with E-state index in [1.807, 2.05) is 18.5 Å². The maximum Gasteiger partial charge on any atom is 0.0548 e. The Labute approximate surface area is 153 Å². The summed E-state index contributed by atoms with van der Waals surface area (Å²) in [4.78, 5) is 9.09. The summed E-state index contributed by atoms with van der Waals surface area (Å²) in [6.07, 6.45) is 14.7. The van der Waals surface area contributed by atoms with Crippen LogP contribution in [0.4, 0.5) is 0 Å². The molecule has 0 unspecified atom stereocenters. The zero-order valence-electron chi connectivity index (χ0n) is 16.0. The van der Waals surface area contributed by atoms with Crippen LogP contribution in [0.15, 0.2) is 23.3 Å². The molecule has 2 N–H and O–H groups in total. The van der Waals surface area contributed by atoms with Gasteiger partial charge in [0.05, 0.1) is 5.69 Å². The van der Waals surface area contributed by atoms with Gasteiger partial charge in [0.1, 0.15) is 0 Å². The summed E-state index contributed by atoms with van der Waals surface area (Å²) in [6, 6.07) is 4.19. The SMILES string of the molecule is CCNCCCCNCc1cc(C=NCCC2CCCCC2)ccn1. The lowest BCUT2D eigenvalue weighted by Gasteiger charge is -2.20. The Morgan fingerprint density at radius 2 is 1.96 bits per heavy atom. The number of aromatic nitrogens is 1. The molecule has 0 atom stereocenters. The molecule has 0 radical (unpaired) electrons. The monoisotopic (exact) mass is 344 g/mol. The smallest absolute Gasteiger partial charge is 0.0548 e. The van der Waals surface area contributed by atoms with Crippen molar-refractivity contribution in [2.45, 2.75) is 64.8 Å². The summed E-state index contributed by atoms with van der Waals surface area (Å²) in [7, 11) is 0. The zero-order chi connectivity index (χ0) is 17.6. The van der Waals surface area contributed by atoms with Crippen LogP contribution in [0.2, 0.25) is 0 Å². The Hall–Kier alpha value is -1.26. The van der Waals surface area contributed by atoms with Crippen molar-refractivity contribution in [3.8, 4) is 0 Å². The maximum atomic E-state index is 4.63. The molecule has 0 aliphatic heterocycles. The molecular weight excluding hydrogens is 308 g/mol. The number of nitrogens with zero attached hydrogens (tertiary/aromatic N) is 2. The van der Waals surface area contributed by atoms with Gasteiger partial charge in [-0.2, -0.15) is 0 Å². The van der Waals surface area contributed by atoms with Crippen LogP contribution in [0.3, 0.4) is 0 Å². The number of aliphatic imine (C=N–C) groups is 1. The molecule has 25 heavy (non-hydrogen) atoms. The number of hydrogen-bond donors (Lipinski definition) is 2. The normalized spacial score (nSPS) is 15.9. The van der Waals surface area contributed by atoms with Crippen molar-refractivity contribution in [3.05, 3.63) is 29.6 Å². The zero-order valence-corrected chi connectivity index (χ0v) is 16.0. The van der Waals surface area contributed by atoms with E-state index >= 15 is 0 Å². The van der Waals surface area contributed by atoms with Gasteiger partial charge in [-0.3, -0.25) is 9.98 Å². The van der Waals surface area contributed by atoms with Gasteiger partial charge in [0, 0.05) is 25.5 Å². The van der Waals surface area contributed by atoms with Gasteiger partial charge in [-0.05, 0) is 62.5 Å². The highest BCUT2D eigenvalue weighted by atomic mass is 14.9. The van der Waals surface area contributed by atoms with E-state index in [1.54, 1.807) is 0 Å². The highest BCUT2D eigenvalue weighted by molar-refractivity contribution is 5.79. The number of rotatable bonds is 12. The van der Waals surface area contributed by atoms with Gasteiger partial charge in [-0.1, -0.05) is 39.0 Å². The molecule has 2 rings (SSSR count). The predicted molar refractivity (Wildman–Crippen MR) is 107 cm³/mol. The average molecular weight is 345 g/mol. The fourth-order valence-corrected chi connectivity index (χ4v) is 3.47. The third kappa shape index (κ3) is 9.13. The number of nitrogens with one attached hydrogen (secondary N) is 2. The number of hydrogen-bond acceptors (Lipinski definition) is 4. The molecule has 4 nitrogen and oxygen atoms in total. The molecule has 1 saturated carbocycles. The first-order valence-electron chi connectivity index (χ1n) is 10.2. The van der Waals surface area contributed by atoms with Crippen molar-refractivity contribution in [2.24, 2.45) is 10.9 Å². The van der Waals surface area contributed by atoms with Crippen molar-refractivity contribution < 1.29 is 0 Å². The second-order valence-corrected chi connectivity index (χ2v) is 7.15. The fraction of sp³-hybridized carbons (Fsp3) is 0.714. The van der Waals surface area contributed by atoms with Crippen LogP contribution < -0.4 is 10.6 Å². The molecule has 4 heteroatoms. The van der Waals surface area contributed by atoms with E-state index in [2.05, 4.69) is 33.6 Å². The maximum absolute atomic E-state index is 4.63. The van der Waals surface area contributed by atoms with E-state index in [-0.39, 0.29) is 0 Å². The topological polar surface area (TPSA) is 49.3 Å². The van der Waals surface area contributed by atoms with Crippen LogP contribution in [0.1, 0.15) is 69.5 Å². The molecule has 0 bridgehead atoms. The van der Waals surface area contributed by atoms with E-state index in [0.29, 0.717) is 0 Å². The summed E-state index contributed by atoms with van der Waals surface area (Å²) < 4.78 is 0. The predicted octanol–water partition coefficient (Wildman–Crippen LogP) is 3.95. The van der Waals surface area contributed by atoms with Crippen LogP contribution in [0.25, 0.3) is 0 Å². The Morgan fingerprint density at radius 1 is 1.16 bits per heavy atom. The summed E-state index contributed by atoms with van der Waals surface area (Å²) >= 11 is 0. The Morgan fingerprint density at radius 3 is 2.76 bits per heavy atom. The lowest BCUT2D eigenvalue weighted by atomic mass is 9.87. The van der Waals surface area contributed by atoms with E-state index in [9.17, 15) is 0 Å². The first-order valence-corrected chi connectivity index (χ1v) is 10.2. The minimum absolute atomic E-state index is 0.838. The van der Waals surface area contributed by atoms with Crippen molar-refractivity contribution in [3.63, 3.8) is 0 Å². The van der Waals surface area contributed by atoms with Crippen molar-refractivity contribution in [2.75, 3.05) is 26.2 Å². The van der Waals surface area contributed by atoms with Gasteiger partial charge in [0.25, 0.3) is 0 Å². The minimum atomic E-state index is 0.838. The second kappa shape index (κ2) is 13.0. The van der Waals surface area contributed by atoms with Gasteiger partial charge in [0.15, 0.2) is 0 Å². The first-order chi connectivity index (χ1) is 12.4. The molecule has 0 saturated heterocycles. The lowest BCUT2D eigenvalue weighted by Crippen LogP contribution is -2.19. The molecule has 0 amide bonds. The highest BCUT2D eigenvalue weighted by Crippen LogP contribution is 2.25. The third-order valence-corrected chi connectivity index (χ3v) is 4.99. The van der Waals surface area contributed by atoms with Crippen LogP contribution in [-0.2, 0) is 6.54 Å². The van der Waals surface area contributed by atoms with Gasteiger partial charge in [-0.15, -0.1) is 0 Å². The average Bonchev–Trinajstić information content (AvgIpc) is 2.66. The quantitative estimate of drug-likeness (QED) is 0.446. The van der Waals surface area contributed by atoms with Gasteiger partial charge >= 0.3 is 0 Å². The number of unbranched alkanes of at least 4 members (excludes halogenated alkanes) is 1. The molecule has 1 aromatic heterocycles. The first kappa shape index (κ1) is 20.1. The molecule has 140 valence electrons. The van der Waals surface area contributed by atoms with Crippen LogP contribution in [0, 0.1) is 5.92 Å². The van der Waals surface area contributed by atoms with Crippen LogP contribution in [0.5, 0.6) is 0 Å². The van der Waals surface area contributed by atoms with Crippen molar-refractivity contribution in [1.82, 2.24) is 15.6 Å². The molecule has 1 aromatic rings. The van der Waals surface area contributed by atoms with Crippen molar-refractivity contribution >= 4 is 6.21 Å². The largest absolute Gasteiger partial charge is 0.317 e. The van der Waals surface area contributed by atoms with E-state index < -0.39 is 0 Å². The minimum Gasteiger partial charge on any atom is -0.317 e. The van der Waals surface area contributed by atoms with Gasteiger partial charge in [-0.25, -0.2) is 0 Å². The van der Waals surface area contributed by atoms with Crippen LogP contribution >= 0.6 is 0 Å². The molecular formula is C21H36N4. The summed E-state index contributed by atoms with van der Waals surface area (Å²) in [5.41, 5.74) is 2.27. The Kier molecular flexibility index (Phi) is 10.4. The fourth-order valence-electron chi connectivity index (χ4n) is 3.47. The van der Waals surface area contributed by atoms with Crippen LogP contribution in [-0.4, -0.2) is 37.4 Å². The lowest BCUT2D eigenvalue weighted by molar-refractivity contribution is 0.343. The summed E-state index contributed by atoms with van der Waals surface area (Å²) in [5.74, 6) is 0.913. The van der Waals surface area contributed by atoms with Crippen molar-refractivity contribution in [1.29, 1.82) is 0 Å². The van der Waals surface area contributed by atoms with E-state index in [1.165, 1.54) is 56.9 Å². The molecule has 0 spiro atoms. The molecule has 1 aliphatic rings. The highest BCUT2D eigenvalue weighted by Gasteiger charge is 2.12. The molecule has 1 fully saturated rings. The summed E-state index contributed by atoms with van der Waals surface area (Å²) in [6.45, 7) is 7.18.